The molecule has 4 rings (SSSR count). The topological polar surface area (TPSA) is 130 Å². The monoisotopic (exact) mass is 550 g/mol. The van der Waals surface area contributed by atoms with Crippen molar-refractivity contribution in [1.29, 1.82) is 0 Å². The fourth-order valence-corrected chi connectivity index (χ4v) is 5.01. The third-order valence-electron chi connectivity index (χ3n) is 7.49. The first-order valence-electron chi connectivity index (χ1n) is 13.1. The number of aldehydes is 1. The van der Waals surface area contributed by atoms with Crippen molar-refractivity contribution < 1.29 is 33.8 Å². The number of likely N-dealkylation sites (N-methyl/N-ethyl adjacent to an activating group) is 2. The van der Waals surface area contributed by atoms with Gasteiger partial charge >= 0.3 is 12.1 Å². The molecule has 1 unspecified atom stereocenters. The summed E-state index contributed by atoms with van der Waals surface area (Å²) in [5, 5.41) is 12.0. The van der Waals surface area contributed by atoms with Crippen molar-refractivity contribution >= 4 is 41.4 Å². The van der Waals surface area contributed by atoms with E-state index in [1.54, 1.807) is 45.3 Å². The van der Waals surface area contributed by atoms with Crippen LogP contribution in [-0.4, -0.2) is 96.0 Å². The van der Waals surface area contributed by atoms with Crippen LogP contribution >= 0.6 is 0 Å². The number of carbonyl (C=O) groups excluding carboxylic acids is 4. The first-order valence-corrected chi connectivity index (χ1v) is 13.1. The van der Waals surface area contributed by atoms with E-state index in [0.717, 1.165) is 16.5 Å². The van der Waals surface area contributed by atoms with E-state index >= 15 is 0 Å². The molecule has 2 aliphatic rings. The van der Waals surface area contributed by atoms with Gasteiger partial charge in [-0.15, -0.1) is 0 Å². The van der Waals surface area contributed by atoms with Gasteiger partial charge in [0, 0.05) is 62.9 Å². The number of fused-ring (bicyclic) bond motifs is 2. The van der Waals surface area contributed by atoms with Crippen LogP contribution in [-0.2, 0) is 32.1 Å². The predicted octanol–water partition coefficient (Wildman–Crippen LogP) is 2.30. The average Bonchev–Trinajstić information content (AvgIpc) is 3.26. The normalized spacial score (nSPS) is 19.5. The van der Waals surface area contributed by atoms with Gasteiger partial charge in [0.1, 0.15) is 18.6 Å². The van der Waals surface area contributed by atoms with Crippen molar-refractivity contribution in [3.05, 3.63) is 52.2 Å². The summed E-state index contributed by atoms with van der Waals surface area (Å²) in [6.45, 7) is 4.73. The first-order chi connectivity index (χ1) is 19.1. The summed E-state index contributed by atoms with van der Waals surface area (Å²) < 4.78 is 10.7. The maximum absolute atomic E-state index is 12.6. The molecule has 0 aliphatic carbocycles. The zero-order chi connectivity index (χ0) is 29.2. The summed E-state index contributed by atoms with van der Waals surface area (Å²) in [6, 6.07) is 5.25. The standard InChI is InChI=1S/C29H34N4O7/c1-6-20-21-12-19(40-28(37)32(4)11-10-31(3)17-35)8-9-24(21)30-26-22(20)14-33(5)25(26)13-23-18(15-34)16-39-27(36)29(23,38)7-2/h8-9,12-13,15,17,38H,6-7,10-11,14,16H2,1-5H3/b25-13-. The van der Waals surface area contributed by atoms with Crippen molar-refractivity contribution in [2.24, 2.45) is 0 Å². The number of aliphatic hydroxyl groups is 1. The number of hydrogen-bond acceptors (Lipinski definition) is 9. The lowest BCUT2D eigenvalue weighted by atomic mass is 9.85. The summed E-state index contributed by atoms with van der Waals surface area (Å²) in [5.74, 6) is -0.404. The van der Waals surface area contributed by atoms with Gasteiger partial charge in [-0.1, -0.05) is 13.8 Å². The van der Waals surface area contributed by atoms with Crippen LogP contribution in [0, 0.1) is 0 Å². The van der Waals surface area contributed by atoms with Gasteiger partial charge in [0.15, 0.2) is 5.60 Å². The quantitative estimate of drug-likeness (QED) is 0.369. The fourth-order valence-electron chi connectivity index (χ4n) is 5.01. The third kappa shape index (κ3) is 5.16. The van der Waals surface area contributed by atoms with E-state index in [1.165, 1.54) is 9.80 Å². The molecule has 2 aliphatic heterocycles. The van der Waals surface area contributed by atoms with Crippen LogP contribution in [0.4, 0.5) is 4.79 Å². The van der Waals surface area contributed by atoms with E-state index < -0.39 is 17.7 Å². The van der Waals surface area contributed by atoms with Gasteiger partial charge in [0.2, 0.25) is 6.41 Å². The number of aryl methyl sites for hydroxylation is 1. The highest BCUT2D eigenvalue weighted by Crippen LogP contribution is 2.40. The first kappa shape index (κ1) is 28.8. The molecule has 3 heterocycles. The van der Waals surface area contributed by atoms with Crippen LogP contribution in [0.3, 0.4) is 0 Å². The Kier molecular flexibility index (Phi) is 8.24. The minimum atomic E-state index is -1.93. The molecule has 2 aromatic rings. The van der Waals surface area contributed by atoms with E-state index in [4.69, 9.17) is 14.5 Å². The molecule has 11 nitrogen and oxygen atoms in total. The maximum atomic E-state index is 12.6. The van der Waals surface area contributed by atoms with Crippen LogP contribution in [0.5, 0.6) is 5.75 Å². The molecule has 0 fully saturated rings. The molecule has 40 heavy (non-hydrogen) atoms. The van der Waals surface area contributed by atoms with Gasteiger partial charge in [-0.05, 0) is 42.7 Å². The Hall–Kier alpha value is -4.25. The largest absolute Gasteiger partial charge is 0.458 e. The lowest BCUT2D eigenvalue weighted by Gasteiger charge is -2.32. The molecular formula is C29H34N4O7. The number of rotatable bonds is 9. The molecule has 1 atom stereocenters. The fraction of sp³-hybridized carbons (Fsp3) is 0.414. The molecule has 0 bridgehead atoms. The van der Waals surface area contributed by atoms with Crippen LogP contribution in [0.2, 0.25) is 0 Å². The molecule has 0 radical (unpaired) electrons. The number of pyridine rings is 1. The Morgan fingerprint density at radius 2 is 2.00 bits per heavy atom. The zero-order valence-electron chi connectivity index (χ0n) is 23.4. The lowest BCUT2D eigenvalue weighted by Crippen LogP contribution is -2.45. The minimum Gasteiger partial charge on any atom is -0.458 e. The molecule has 1 aromatic carbocycles. The average molecular weight is 551 g/mol. The van der Waals surface area contributed by atoms with Crippen molar-refractivity contribution in [1.82, 2.24) is 19.7 Å². The summed E-state index contributed by atoms with van der Waals surface area (Å²) in [7, 11) is 5.13. The highest BCUT2D eigenvalue weighted by molar-refractivity contribution is 5.94. The summed E-state index contributed by atoms with van der Waals surface area (Å²) in [4.78, 5) is 57.4. The van der Waals surface area contributed by atoms with Gasteiger partial charge in [-0.3, -0.25) is 9.59 Å². The molecule has 0 spiro atoms. The zero-order valence-corrected chi connectivity index (χ0v) is 23.4. The Labute approximate surface area is 232 Å². The number of cyclic esters (lactones) is 1. The van der Waals surface area contributed by atoms with Crippen molar-refractivity contribution in [2.45, 2.75) is 38.8 Å². The van der Waals surface area contributed by atoms with Crippen LogP contribution in [0.15, 0.2) is 35.4 Å². The predicted molar refractivity (Wildman–Crippen MR) is 147 cm³/mol. The lowest BCUT2D eigenvalue weighted by molar-refractivity contribution is -0.162. The second kappa shape index (κ2) is 11.5. The van der Waals surface area contributed by atoms with Crippen LogP contribution in [0.25, 0.3) is 16.6 Å². The molecule has 1 aromatic heterocycles. The number of amides is 2. The van der Waals surface area contributed by atoms with Gasteiger partial charge < -0.3 is 29.3 Å². The summed E-state index contributed by atoms with van der Waals surface area (Å²) in [5.41, 5.74) is 2.59. The molecule has 2 amide bonds. The Balaban J connectivity index is 1.73. The number of nitrogens with zero attached hydrogens (tertiary/aromatic N) is 4. The van der Waals surface area contributed by atoms with Crippen LogP contribution < -0.4 is 4.74 Å². The van der Waals surface area contributed by atoms with Crippen molar-refractivity contribution in [2.75, 3.05) is 40.8 Å². The number of aromatic nitrogens is 1. The summed E-state index contributed by atoms with van der Waals surface area (Å²) >= 11 is 0. The number of benzene rings is 1. The third-order valence-corrected chi connectivity index (χ3v) is 7.49. The van der Waals surface area contributed by atoms with Crippen molar-refractivity contribution in [3.8, 4) is 5.75 Å². The van der Waals surface area contributed by atoms with E-state index in [1.807, 2.05) is 18.9 Å². The molecule has 0 saturated heterocycles. The molecule has 1 N–H and O–H groups in total. The molecule has 212 valence electrons. The SMILES string of the molecule is CCc1c2c(nc3ccc(OC(=O)N(C)CCN(C)C=O)cc13)/C(=C/C1=C(C=O)COC(=O)C1(O)CC)N(C)C2. The summed E-state index contributed by atoms with van der Waals surface area (Å²) in [6.07, 6.45) is 3.18. The second-order valence-corrected chi connectivity index (χ2v) is 10.1. The van der Waals surface area contributed by atoms with Gasteiger partial charge in [-0.2, -0.15) is 0 Å². The second-order valence-electron chi connectivity index (χ2n) is 10.1. The Bertz CT molecular complexity index is 1430. The number of ether oxygens (including phenoxy) is 2. The van der Waals surface area contributed by atoms with Gasteiger partial charge in [0.25, 0.3) is 0 Å². The number of carbonyl (C=O) groups is 4. The highest BCUT2D eigenvalue weighted by atomic mass is 16.6. The van der Waals surface area contributed by atoms with E-state index in [2.05, 4.69) is 0 Å². The molecular weight excluding hydrogens is 516 g/mol. The van der Waals surface area contributed by atoms with Gasteiger partial charge in [0.05, 0.1) is 16.9 Å². The van der Waals surface area contributed by atoms with Crippen molar-refractivity contribution in [3.63, 3.8) is 0 Å². The van der Waals surface area contributed by atoms with Gasteiger partial charge in [-0.25, -0.2) is 14.6 Å². The molecule has 0 saturated carbocycles. The van der Waals surface area contributed by atoms with E-state index in [9.17, 15) is 24.3 Å². The minimum absolute atomic E-state index is 0.0503. The smallest absolute Gasteiger partial charge is 0.415 e. The Morgan fingerprint density at radius 3 is 2.65 bits per heavy atom. The van der Waals surface area contributed by atoms with Crippen LogP contribution in [0.1, 0.15) is 37.1 Å². The highest BCUT2D eigenvalue weighted by Gasteiger charge is 2.44. The maximum Gasteiger partial charge on any atom is 0.415 e. The van der Waals surface area contributed by atoms with E-state index in [-0.39, 0.29) is 24.2 Å². The van der Waals surface area contributed by atoms with E-state index in [0.29, 0.717) is 61.4 Å². The number of hydrogen-bond donors (Lipinski definition) is 1. The number of esters is 1. The molecule has 11 heteroatoms. The Morgan fingerprint density at radius 1 is 1.25 bits per heavy atom.